The van der Waals surface area contributed by atoms with Crippen molar-refractivity contribution in [3.8, 4) is 0 Å². The second-order valence-corrected chi connectivity index (χ2v) is 5.79. The number of ether oxygens (including phenoxy) is 1. The predicted octanol–water partition coefficient (Wildman–Crippen LogP) is -1.89. The van der Waals surface area contributed by atoms with Crippen molar-refractivity contribution in [1.82, 2.24) is 14.7 Å². The van der Waals surface area contributed by atoms with Gasteiger partial charge in [-0.1, -0.05) is 0 Å². The van der Waals surface area contributed by atoms with Crippen molar-refractivity contribution in [2.45, 2.75) is 6.92 Å². The highest BCUT2D eigenvalue weighted by Crippen LogP contribution is 2.10. The lowest BCUT2D eigenvalue weighted by Crippen LogP contribution is -2.47. The minimum Gasteiger partial charge on any atom is -0.378 e. The van der Waals surface area contributed by atoms with Crippen LogP contribution in [0.15, 0.2) is 0 Å². The minimum atomic E-state index is -0.441. The van der Waals surface area contributed by atoms with Crippen molar-refractivity contribution in [3.05, 3.63) is 0 Å². The Balaban J connectivity index is 1.95. The fraction of sp³-hybridized carbons (Fsp3) is 0.786. The van der Waals surface area contributed by atoms with Gasteiger partial charge in [-0.15, -0.1) is 0 Å². The van der Waals surface area contributed by atoms with E-state index in [2.05, 4.69) is 0 Å². The number of nitrogens with two attached hydrogens (primary N) is 1. The van der Waals surface area contributed by atoms with Gasteiger partial charge in [0.05, 0.1) is 25.7 Å². The van der Waals surface area contributed by atoms with E-state index in [1.54, 1.807) is 9.80 Å². The number of primary amides is 1. The first-order valence-corrected chi connectivity index (χ1v) is 7.60. The second kappa shape index (κ2) is 7.55. The molecule has 0 spiro atoms. The van der Waals surface area contributed by atoms with E-state index < -0.39 is 11.8 Å². The van der Waals surface area contributed by atoms with Gasteiger partial charge >= 0.3 is 0 Å². The average Bonchev–Trinajstić information content (AvgIpc) is 2.71. The van der Waals surface area contributed by atoms with Gasteiger partial charge in [0.15, 0.2) is 0 Å². The molecule has 2 saturated heterocycles. The molecule has 1 atom stereocenters. The second-order valence-electron chi connectivity index (χ2n) is 5.79. The largest absolute Gasteiger partial charge is 0.378 e. The maximum atomic E-state index is 12.3. The SMILES string of the molecule is CC(=O)N1CCN(CC(=O)N2CCOCC2)C[C@H](C(N)=O)C1. The molecule has 124 valence electrons. The Bertz CT molecular complexity index is 437. The summed E-state index contributed by atoms with van der Waals surface area (Å²) < 4.78 is 5.24. The van der Waals surface area contributed by atoms with Crippen LogP contribution in [0.25, 0.3) is 0 Å². The summed E-state index contributed by atoms with van der Waals surface area (Å²) in [6.07, 6.45) is 0. The van der Waals surface area contributed by atoms with Gasteiger partial charge in [-0.05, 0) is 0 Å². The van der Waals surface area contributed by atoms with Crippen molar-refractivity contribution in [1.29, 1.82) is 0 Å². The molecule has 0 aliphatic carbocycles. The number of amides is 3. The zero-order valence-electron chi connectivity index (χ0n) is 13.0. The Hall–Kier alpha value is -1.67. The Morgan fingerprint density at radius 3 is 2.32 bits per heavy atom. The molecule has 0 aromatic carbocycles. The summed E-state index contributed by atoms with van der Waals surface area (Å²) in [5.74, 6) is -0.920. The van der Waals surface area contributed by atoms with Crippen LogP contribution < -0.4 is 5.73 Å². The highest BCUT2D eigenvalue weighted by molar-refractivity contribution is 5.80. The maximum absolute atomic E-state index is 12.3. The quantitative estimate of drug-likeness (QED) is 0.657. The highest BCUT2D eigenvalue weighted by Gasteiger charge is 2.29. The molecule has 2 rings (SSSR count). The van der Waals surface area contributed by atoms with Crippen LogP contribution in [0.5, 0.6) is 0 Å². The standard InChI is InChI=1S/C14H24N4O4/c1-11(19)18-3-2-16(8-12(9-18)14(15)21)10-13(20)17-4-6-22-7-5-17/h12H,2-10H2,1H3,(H2,15,21)/t12-/m0/s1. The van der Waals surface area contributed by atoms with E-state index in [0.29, 0.717) is 52.5 Å². The van der Waals surface area contributed by atoms with Gasteiger partial charge in [0.2, 0.25) is 17.7 Å². The lowest BCUT2D eigenvalue weighted by molar-refractivity contribution is -0.137. The molecule has 22 heavy (non-hydrogen) atoms. The molecule has 0 aromatic rings. The monoisotopic (exact) mass is 312 g/mol. The van der Waals surface area contributed by atoms with Gasteiger partial charge in [-0.3, -0.25) is 19.3 Å². The Morgan fingerprint density at radius 1 is 1.05 bits per heavy atom. The number of rotatable bonds is 3. The smallest absolute Gasteiger partial charge is 0.236 e. The van der Waals surface area contributed by atoms with E-state index in [1.165, 1.54) is 6.92 Å². The molecule has 8 nitrogen and oxygen atoms in total. The lowest BCUT2D eigenvalue weighted by Gasteiger charge is -2.30. The first kappa shape index (κ1) is 16.7. The fourth-order valence-electron chi connectivity index (χ4n) is 2.79. The van der Waals surface area contributed by atoms with Crippen LogP contribution in [0, 0.1) is 5.92 Å². The maximum Gasteiger partial charge on any atom is 0.236 e. The van der Waals surface area contributed by atoms with Crippen LogP contribution in [-0.4, -0.2) is 91.4 Å². The topological polar surface area (TPSA) is 96.2 Å². The summed E-state index contributed by atoms with van der Waals surface area (Å²) in [6, 6.07) is 0. The third kappa shape index (κ3) is 4.41. The first-order chi connectivity index (χ1) is 10.5. The molecule has 2 fully saturated rings. The van der Waals surface area contributed by atoms with Crippen molar-refractivity contribution in [2.24, 2.45) is 11.7 Å². The molecule has 3 amide bonds. The van der Waals surface area contributed by atoms with Crippen molar-refractivity contribution >= 4 is 17.7 Å². The minimum absolute atomic E-state index is 0.0304. The fourth-order valence-corrected chi connectivity index (χ4v) is 2.79. The first-order valence-electron chi connectivity index (χ1n) is 7.60. The average molecular weight is 312 g/mol. The number of hydrogen-bond donors (Lipinski definition) is 1. The summed E-state index contributed by atoms with van der Waals surface area (Å²) in [5.41, 5.74) is 5.42. The van der Waals surface area contributed by atoms with Crippen LogP contribution in [0.3, 0.4) is 0 Å². The van der Waals surface area contributed by atoms with Crippen molar-refractivity contribution in [3.63, 3.8) is 0 Å². The van der Waals surface area contributed by atoms with E-state index in [-0.39, 0.29) is 18.4 Å². The van der Waals surface area contributed by atoms with Crippen LogP contribution in [-0.2, 0) is 19.1 Å². The van der Waals surface area contributed by atoms with E-state index in [9.17, 15) is 14.4 Å². The zero-order valence-corrected chi connectivity index (χ0v) is 13.0. The molecule has 2 aliphatic heterocycles. The molecule has 2 N–H and O–H groups in total. The van der Waals surface area contributed by atoms with E-state index >= 15 is 0 Å². The number of morpholine rings is 1. The van der Waals surface area contributed by atoms with Gasteiger partial charge in [0, 0.05) is 46.2 Å². The summed E-state index contributed by atoms with van der Waals surface area (Å²) in [7, 11) is 0. The number of carbonyl (C=O) groups is 3. The van der Waals surface area contributed by atoms with Gasteiger partial charge < -0.3 is 20.3 Å². The molecular weight excluding hydrogens is 288 g/mol. The summed E-state index contributed by atoms with van der Waals surface area (Å²) in [6.45, 7) is 5.87. The third-order valence-corrected chi connectivity index (χ3v) is 4.18. The summed E-state index contributed by atoms with van der Waals surface area (Å²) >= 11 is 0. The predicted molar refractivity (Wildman–Crippen MR) is 78.8 cm³/mol. The lowest BCUT2D eigenvalue weighted by atomic mass is 10.1. The van der Waals surface area contributed by atoms with E-state index in [4.69, 9.17) is 10.5 Å². The van der Waals surface area contributed by atoms with Crippen LogP contribution in [0.2, 0.25) is 0 Å². The van der Waals surface area contributed by atoms with Crippen LogP contribution in [0.1, 0.15) is 6.92 Å². The third-order valence-electron chi connectivity index (χ3n) is 4.18. The van der Waals surface area contributed by atoms with E-state index in [0.717, 1.165) is 0 Å². The Labute approximate surface area is 130 Å². The van der Waals surface area contributed by atoms with Gasteiger partial charge in [0.1, 0.15) is 0 Å². The zero-order chi connectivity index (χ0) is 16.1. The number of nitrogens with zero attached hydrogens (tertiary/aromatic N) is 3. The molecule has 2 aliphatic rings. The number of carbonyl (C=O) groups excluding carboxylic acids is 3. The molecule has 8 heteroatoms. The van der Waals surface area contributed by atoms with Gasteiger partial charge in [-0.25, -0.2) is 0 Å². The van der Waals surface area contributed by atoms with E-state index in [1.807, 2.05) is 4.90 Å². The van der Waals surface area contributed by atoms with Gasteiger partial charge in [-0.2, -0.15) is 0 Å². The number of hydrogen-bond acceptors (Lipinski definition) is 5. The highest BCUT2D eigenvalue weighted by atomic mass is 16.5. The Morgan fingerprint density at radius 2 is 1.73 bits per heavy atom. The van der Waals surface area contributed by atoms with Crippen LogP contribution >= 0.6 is 0 Å². The van der Waals surface area contributed by atoms with Crippen molar-refractivity contribution in [2.75, 3.05) is 59.0 Å². The van der Waals surface area contributed by atoms with Crippen LogP contribution in [0.4, 0.5) is 0 Å². The van der Waals surface area contributed by atoms with Gasteiger partial charge in [0.25, 0.3) is 0 Å². The molecule has 0 radical (unpaired) electrons. The molecule has 0 aromatic heterocycles. The molecule has 0 unspecified atom stereocenters. The summed E-state index contributed by atoms with van der Waals surface area (Å²) in [5, 5.41) is 0. The normalized spacial score (nSPS) is 24.0. The molecule has 0 bridgehead atoms. The molecular formula is C14H24N4O4. The Kier molecular flexibility index (Phi) is 5.73. The molecule has 0 saturated carbocycles. The molecule has 2 heterocycles. The van der Waals surface area contributed by atoms with Crippen molar-refractivity contribution < 1.29 is 19.1 Å². The summed E-state index contributed by atoms with van der Waals surface area (Å²) in [4.78, 5) is 40.7.